The van der Waals surface area contributed by atoms with Crippen LogP contribution in [0, 0.1) is 5.92 Å². The zero-order valence-electron chi connectivity index (χ0n) is 11.3. The van der Waals surface area contributed by atoms with E-state index in [1.165, 1.54) is 0 Å². The number of aliphatic hydroxyl groups is 1. The smallest absolute Gasteiger partial charge is 0.123 e. The average molecular weight is 274 g/mol. The van der Waals surface area contributed by atoms with Gasteiger partial charge in [-0.25, -0.2) is 0 Å². The number of hydrogen-bond acceptors (Lipinski definition) is 3. The number of methoxy groups -OCH3 is 1. The van der Waals surface area contributed by atoms with E-state index in [0.717, 1.165) is 24.2 Å². The van der Waals surface area contributed by atoms with Crippen molar-refractivity contribution in [3.8, 4) is 5.75 Å². The van der Waals surface area contributed by atoms with Gasteiger partial charge in [0.2, 0.25) is 0 Å². The molecule has 0 heterocycles. The first kappa shape index (κ1) is 17.2. The Balaban J connectivity index is 0.00000289. The number of hydrogen-bond donors (Lipinski definition) is 2. The third kappa shape index (κ3) is 4.84. The molecule has 1 aromatic carbocycles. The van der Waals surface area contributed by atoms with Crippen LogP contribution in [0.4, 0.5) is 0 Å². The first-order valence-corrected chi connectivity index (χ1v) is 6.12. The van der Waals surface area contributed by atoms with E-state index in [9.17, 15) is 5.11 Å². The number of halogens is 1. The molecule has 0 saturated heterocycles. The van der Waals surface area contributed by atoms with Gasteiger partial charge < -0.3 is 15.6 Å². The van der Waals surface area contributed by atoms with E-state index < -0.39 is 6.10 Å². The van der Waals surface area contributed by atoms with Gasteiger partial charge in [0.25, 0.3) is 0 Å². The van der Waals surface area contributed by atoms with Gasteiger partial charge in [-0.1, -0.05) is 32.0 Å². The Morgan fingerprint density at radius 1 is 1.22 bits per heavy atom. The van der Waals surface area contributed by atoms with Crippen molar-refractivity contribution in [2.45, 2.75) is 38.8 Å². The Kier molecular flexibility index (Phi) is 8.00. The molecule has 18 heavy (non-hydrogen) atoms. The highest BCUT2D eigenvalue weighted by Gasteiger charge is 2.19. The van der Waals surface area contributed by atoms with Gasteiger partial charge in [-0.2, -0.15) is 0 Å². The molecule has 1 rings (SSSR count). The number of para-hydroxylation sites is 1. The SMILES string of the molecule is COc1ccccc1[C@H](N)[C@H](O)CCC(C)C.Cl. The van der Waals surface area contributed by atoms with Crippen LogP contribution in [-0.4, -0.2) is 18.3 Å². The summed E-state index contributed by atoms with van der Waals surface area (Å²) in [4.78, 5) is 0. The monoisotopic (exact) mass is 273 g/mol. The Morgan fingerprint density at radius 2 is 1.83 bits per heavy atom. The van der Waals surface area contributed by atoms with Crippen LogP contribution in [0.3, 0.4) is 0 Å². The number of benzene rings is 1. The van der Waals surface area contributed by atoms with E-state index in [1.54, 1.807) is 7.11 Å². The summed E-state index contributed by atoms with van der Waals surface area (Å²) in [5.74, 6) is 1.32. The molecular formula is C14H24ClNO2. The molecule has 1 aromatic rings. The molecule has 2 atom stereocenters. The molecular weight excluding hydrogens is 250 g/mol. The molecule has 0 aromatic heterocycles. The summed E-state index contributed by atoms with van der Waals surface area (Å²) in [5, 5.41) is 10.1. The summed E-state index contributed by atoms with van der Waals surface area (Å²) in [6.07, 6.45) is 1.18. The summed E-state index contributed by atoms with van der Waals surface area (Å²) < 4.78 is 5.25. The van der Waals surface area contributed by atoms with Gasteiger partial charge in [0.1, 0.15) is 5.75 Å². The number of nitrogens with two attached hydrogens (primary N) is 1. The number of rotatable bonds is 6. The maximum atomic E-state index is 10.1. The predicted molar refractivity (Wildman–Crippen MR) is 77.2 cm³/mol. The van der Waals surface area contributed by atoms with E-state index in [1.807, 2.05) is 24.3 Å². The Morgan fingerprint density at radius 3 is 2.39 bits per heavy atom. The van der Waals surface area contributed by atoms with E-state index in [-0.39, 0.29) is 18.4 Å². The van der Waals surface area contributed by atoms with Crippen molar-refractivity contribution in [3.05, 3.63) is 29.8 Å². The lowest BCUT2D eigenvalue weighted by atomic mass is 9.95. The second kappa shape index (κ2) is 8.35. The van der Waals surface area contributed by atoms with Crippen LogP contribution < -0.4 is 10.5 Å². The van der Waals surface area contributed by atoms with Crippen LogP contribution in [-0.2, 0) is 0 Å². The minimum absolute atomic E-state index is 0. The molecule has 3 nitrogen and oxygen atoms in total. The molecule has 104 valence electrons. The fourth-order valence-electron chi connectivity index (χ4n) is 1.83. The molecule has 0 bridgehead atoms. The molecule has 0 fully saturated rings. The van der Waals surface area contributed by atoms with E-state index in [0.29, 0.717) is 5.92 Å². The van der Waals surface area contributed by atoms with E-state index >= 15 is 0 Å². The quantitative estimate of drug-likeness (QED) is 0.838. The molecule has 0 aliphatic carbocycles. The fraction of sp³-hybridized carbons (Fsp3) is 0.571. The standard InChI is InChI=1S/C14H23NO2.ClH/c1-10(2)8-9-12(16)14(15)11-6-4-5-7-13(11)17-3;/h4-7,10,12,14,16H,8-9,15H2,1-3H3;1H/t12-,14+;/m1./s1. The highest BCUT2D eigenvalue weighted by Crippen LogP contribution is 2.27. The average Bonchev–Trinajstić information content (AvgIpc) is 2.34. The predicted octanol–water partition coefficient (Wildman–Crippen LogP) is 2.91. The van der Waals surface area contributed by atoms with Crippen LogP contribution >= 0.6 is 12.4 Å². The summed E-state index contributed by atoms with van der Waals surface area (Å²) in [6, 6.07) is 7.19. The lowest BCUT2D eigenvalue weighted by Crippen LogP contribution is -2.26. The van der Waals surface area contributed by atoms with Gasteiger partial charge in [0.05, 0.1) is 19.3 Å². The number of ether oxygens (including phenoxy) is 1. The van der Waals surface area contributed by atoms with Crippen LogP contribution in [0.15, 0.2) is 24.3 Å². The molecule has 3 N–H and O–H groups in total. The molecule has 0 amide bonds. The van der Waals surface area contributed by atoms with Gasteiger partial charge in [-0.15, -0.1) is 12.4 Å². The third-order valence-electron chi connectivity index (χ3n) is 2.95. The van der Waals surface area contributed by atoms with E-state index in [4.69, 9.17) is 10.5 Å². The third-order valence-corrected chi connectivity index (χ3v) is 2.95. The summed E-state index contributed by atoms with van der Waals surface area (Å²) in [6.45, 7) is 4.28. The van der Waals surface area contributed by atoms with E-state index in [2.05, 4.69) is 13.8 Å². The molecule has 4 heteroatoms. The normalized spacial score (nSPS) is 13.9. The molecule has 0 aliphatic rings. The summed E-state index contributed by atoms with van der Waals surface area (Å²) in [7, 11) is 1.62. The van der Waals surface area contributed by atoms with Crippen LogP contribution in [0.25, 0.3) is 0 Å². The Bertz CT molecular complexity index is 344. The number of aliphatic hydroxyl groups excluding tert-OH is 1. The fourth-order valence-corrected chi connectivity index (χ4v) is 1.83. The van der Waals surface area contributed by atoms with Crippen molar-refractivity contribution in [1.82, 2.24) is 0 Å². The van der Waals surface area contributed by atoms with Gasteiger partial charge in [0, 0.05) is 5.56 Å². The molecule has 0 unspecified atom stereocenters. The van der Waals surface area contributed by atoms with Crippen LogP contribution in [0.1, 0.15) is 38.3 Å². The van der Waals surface area contributed by atoms with Crippen LogP contribution in [0.2, 0.25) is 0 Å². The van der Waals surface area contributed by atoms with Crippen LogP contribution in [0.5, 0.6) is 5.75 Å². The topological polar surface area (TPSA) is 55.5 Å². The van der Waals surface area contributed by atoms with Crippen molar-refractivity contribution >= 4 is 12.4 Å². The van der Waals surface area contributed by atoms with Crippen molar-refractivity contribution in [2.75, 3.05) is 7.11 Å². The Hall–Kier alpha value is -0.770. The lowest BCUT2D eigenvalue weighted by molar-refractivity contribution is 0.127. The summed E-state index contributed by atoms with van der Waals surface area (Å²) >= 11 is 0. The van der Waals surface area contributed by atoms with Crippen molar-refractivity contribution in [3.63, 3.8) is 0 Å². The minimum Gasteiger partial charge on any atom is -0.496 e. The summed E-state index contributed by atoms with van der Waals surface area (Å²) in [5.41, 5.74) is 6.94. The molecule has 0 aliphatic heterocycles. The largest absolute Gasteiger partial charge is 0.496 e. The highest BCUT2D eigenvalue weighted by atomic mass is 35.5. The first-order chi connectivity index (χ1) is 8.06. The van der Waals surface area contributed by atoms with Crippen molar-refractivity contribution in [1.29, 1.82) is 0 Å². The maximum Gasteiger partial charge on any atom is 0.123 e. The van der Waals surface area contributed by atoms with Gasteiger partial charge in [-0.05, 0) is 24.8 Å². The van der Waals surface area contributed by atoms with Gasteiger partial charge in [-0.3, -0.25) is 0 Å². The zero-order chi connectivity index (χ0) is 12.8. The molecule has 0 radical (unpaired) electrons. The zero-order valence-corrected chi connectivity index (χ0v) is 12.1. The second-order valence-corrected chi connectivity index (χ2v) is 4.81. The maximum absolute atomic E-state index is 10.1. The molecule has 0 spiro atoms. The second-order valence-electron chi connectivity index (χ2n) is 4.81. The highest BCUT2D eigenvalue weighted by molar-refractivity contribution is 5.85. The van der Waals surface area contributed by atoms with Gasteiger partial charge in [0.15, 0.2) is 0 Å². The molecule has 0 saturated carbocycles. The minimum atomic E-state index is -0.520. The van der Waals surface area contributed by atoms with Gasteiger partial charge >= 0.3 is 0 Å². The lowest BCUT2D eigenvalue weighted by Gasteiger charge is -2.21. The first-order valence-electron chi connectivity index (χ1n) is 6.12. The van der Waals surface area contributed by atoms with Crippen molar-refractivity contribution < 1.29 is 9.84 Å². The van der Waals surface area contributed by atoms with Crippen molar-refractivity contribution in [2.24, 2.45) is 11.7 Å². The Labute approximate surface area is 116 Å².